The van der Waals surface area contributed by atoms with Crippen LogP contribution < -0.4 is 19.6 Å². The van der Waals surface area contributed by atoms with E-state index in [0.29, 0.717) is 30.3 Å². The fourth-order valence-electron chi connectivity index (χ4n) is 2.64. The summed E-state index contributed by atoms with van der Waals surface area (Å²) in [5.74, 6) is 1.59. The first-order valence-electron chi connectivity index (χ1n) is 9.06. The van der Waals surface area contributed by atoms with Crippen LogP contribution in [0.5, 0.6) is 17.2 Å². The minimum Gasteiger partial charge on any atom is -0.494 e. The lowest BCUT2D eigenvalue weighted by atomic mass is 10.2. The maximum absolute atomic E-state index is 12.3. The van der Waals surface area contributed by atoms with Crippen LogP contribution in [0.4, 0.5) is 0 Å². The Morgan fingerprint density at radius 1 is 1.17 bits per heavy atom. The predicted molar refractivity (Wildman–Crippen MR) is 111 cm³/mol. The van der Waals surface area contributed by atoms with Gasteiger partial charge in [-0.15, -0.1) is 0 Å². The molecule has 3 rings (SSSR count). The number of fused-ring (bicyclic) bond motifs is 1. The van der Waals surface area contributed by atoms with Crippen LogP contribution in [0.15, 0.2) is 64.6 Å². The van der Waals surface area contributed by atoms with Crippen molar-refractivity contribution < 1.29 is 23.4 Å². The van der Waals surface area contributed by atoms with Crippen molar-refractivity contribution in [2.24, 2.45) is 5.10 Å². The lowest BCUT2D eigenvalue weighted by Crippen LogP contribution is -2.16. The third-order valence-electron chi connectivity index (χ3n) is 3.95. The lowest BCUT2D eigenvalue weighted by Gasteiger charge is -2.09. The molecule has 1 heterocycles. The largest absolute Gasteiger partial charge is 0.494 e. The zero-order valence-electron chi connectivity index (χ0n) is 16.3. The molecule has 0 bridgehead atoms. The van der Waals surface area contributed by atoms with E-state index in [2.05, 4.69) is 17.1 Å². The van der Waals surface area contributed by atoms with E-state index in [9.17, 15) is 4.79 Å². The van der Waals surface area contributed by atoms with E-state index in [1.807, 2.05) is 13.0 Å². The second-order valence-corrected chi connectivity index (χ2v) is 5.95. The lowest BCUT2D eigenvalue weighted by molar-refractivity contribution is 0.0929. The van der Waals surface area contributed by atoms with E-state index in [1.54, 1.807) is 49.6 Å². The van der Waals surface area contributed by atoms with Crippen LogP contribution >= 0.6 is 0 Å². The molecule has 0 aliphatic carbocycles. The van der Waals surface area contributed by atoms with Crippen LogP contribution in [0, 0.1) is 0 Å². The maximum Gasteiger partial charge on any atom is 0.307 e. The predicted octanol–water partition coefficient (Wildman–Crippen LogP) is 4.17. The Morgan fingerprint density at radius 2 is 2.03 bits per heavy atom. The molecule has 3 aromatic rings. The second kappa shape index (κ2) is 9.45. The third-order valence-corrected chi connectivity index (χ3v) is 3.95. The van der Waals surface area contributed by atoms with Crippen LogP contribution in [0.3, 0.4) is 0 Å². The number of furan rings is 1. The van der Waals surface area contributed by atoms with Crippen molar-refractivity contribution in [3.8, 4) is 17.2 Å². The molecule has 1 N–H and O–H groups in total. The van der Waals surface area contributed by atoms with Gasteiger partial charge in [0.2, 0.25) is 0 Å². The van der Waals surface area contributed by atoms with Crippen LogP contribution in [-0.2, 0) is 0 Å². The molecule has 0 saturated carbocycles. The van der Waals surface area contributed by atoms with E-state index < -0.39 is 5.91 Å². The Kier molecular flexibility index (Phi) is 6.52. The summed E-state index contributed by atoms with van der Waals surface area (Å²) in [6, 6.07) is 12.4. The number of hydrogen-bond donors (Lipinski definition) is 1. The summed E-state index contributed by atoms with van der Waals surface area (Å²) in [5, 5.41) is 4.76. The number of ether oxygens (including phenoxy) is 3. The quantitative estimate of drug-likeness (QED) is 0.335. The summed E-state index contributed by atoms with van der Waals surface area (Å²) in [7, 11) is 1.55. The van der Waals surface area contributed by atoms with Gasteiger partial charge in [0.15, 0.2) is 17.3 Å². The van der Waals surface area contributed by atoms with Crippen LogP contribution in [-0.4, -0.2) is 32.4 Å². The first-order valence-corrected chi connectivity index (χ1v) is 9.06. The molecule has 0 fully saturated rings. The van der Waals surface area contributed by atoms with Gasteiger partial charge in [0, 0.05) is 5.39 Å². The molecule has 0 spiro atoms. The number of rotatable bonds is 9. The normalized spacial score (nSPS) is 10.8. The van der Waals surface area contributed by atoms with Crippen molar-refractivity contribution in [1.29, 1.82) is 0 Å². The molecule has 0 saturated heterocycles. The van der Waals surface area contributed by atoms with E-state index in [0.717, 1.165) is 16.7 Å². The van der Waals surface area contributed by atoms with Crippen molar-refractivity contribution in [3.63, 3.8) is 0 Å². The monoisotopic (exact) mass is 394 g/mol. The van der Waals surface area contributed by atoms with Gasteiger partial charge in [-0.2, -0.15) is 5.10 Å². The highest BCUT2D eigenvalue weighted by Gasteiger charge is 2.12. The fraction of sp³-hybridized carbons (Fsp3) is 0.182. The van der Waals surface area contributed by atoms with Crippen molar-refractivity contribution in [3.05, 3.63) is 66.4 Å². The van der Waals surface area contributed by atoms with Crippen LogP contribution in [0.1, 0.15) is 23.0 Å². The van der Waals surface area contributed by atoms with Gasteiger partial charge in [-0.3, -0.25) is 4.79 Å². The summed E-state index contributed by atoms with van der Waals surface area (Å²) in [6.45, 7) is 6.47. The van der Waals surface area contributed by atoms with E-state index >= 15 is 0 Å². The van der Waals surface area contributed by atoms with Gasteiger partial charge >= 0.3 is 5.91 Å². The number of hydrogen-bond acceptors (Lipinski definition) is 6. The maximum atomic E-state index is 12.3. The molecule has 2 aromatic carbocycles. The molecule has 29 heavy (non-hydrogen) atoms. The molecule has 1 aromatic heterocycles. The molecule has 7 nitrogen and oxygen atoms in total. The highest BCUT2D eigenvalue weighted by molar-refractivity contribution is 5.96. The minimum atomic E-state index is -0.451. The fourth-order valence-corrected chi connectivity index (χ4v) is 2.64. The topological polar surface area (TPSA) is 82.3 Å². The SMILES string of the molecule is C=CCOc1ccc(/C=N/NC(=O)c2cc3cc(OCC)ccc3o2)cc1OC. The number of nitrogens with zero attached hydrogens (tertiary/aromatic N) is 1. The number of nitrogens with one attached hydrogen (secondary N) is 1. The standard InChI is InChI=1S/C22H22N2O5/c1-4-10-28-19-8-6-15(11-20(19)26-3)14-23-24-22(25)21-13-16-12-17(27-5-2)7-9-18(16)29-21/h4,6-9,11-14H,1,5,10H2,2-3H3,(H,24,25)/b23-14+. The second-order valence-electron chi connectivity index (χ2n) is 5.95. The molecular formula is C22H22N2O5. The molecule has 7 heteroatoms. The van der Waals surface area contributed by atoms with Gasteiger partial charge < -0.3 is 18.6 Å². The molecule has 1 amide bonds. The summed E-state index contributed by atoms with van der Waals surface area (Å²) in [5.41, 5.74) is 3.79. The number of carbonyl (C=O) groups is 1. The molecular weight excluding hydrogens is 372 g/mol. The van der Waals surface area contributed by atoms with E-state index in [1.165, 1.54) is 6.21 Å². The first-order chi connectivity index (χ1) is 14.1. The number of carbonyl (C=O) groups excluding carboxylic acids is 1. The number of amides is 1. The van der Waals surface area contributed by atoms with Crippen molar-refractivity contribution in [2.75, 3.05) is 20.3 Å². The van der Waals surface area contributed by atoms with Gasteiger partial charge in [-0.05, 0) is 55.0 Å². The Hall–Kier alpha value is -3.74. The first kappa shape index (κ1) is 20.0. The Morgan fingerprint density at radius 3 is 2.79 bits per heavy atom. The Labute approximate surface area is 168 Å². The summed E-state index contributed by atoms with van der Waals surface area (Å²) >= 11 is 0. The number of benzene rings is 2. The zero-order valence-corrected chi connectivity index (χ0v) is 16.3. The minimum absolute atomic E-state index is 0.163. The van der Waals surface area contributed by atoms with E-state index in [-0.39, 0.29) is 5.76 Å². The van der Waals surface area contributed by atoms with E-state index in [4.69, 9.17) is 18.6 Å². The third kappa shape index (κ3) is 4.95. The average Bonchev–Trinajstić information content (AvgIpc) is 3.16. The molecule has 0 radical (unpaired) electrons. The van der Waals surface area contributed by atoms with Gasteiger partial charge in [-0.25, -0.2) is 5.43 Å². The molecule has 0 unspecified atom stereocenters. The van der Waals surface area contributed by atoms with Gasteiger partial charge in [0.1, 0.15) is 17.9 Å². The summed E-state index contributed by atoms with van der Waals surface area (Å²) in [4.78, 5) is 12.3. The summed E-state index contributed by atoms with van der Waals surface area (Å²) in [6.07, 6.45) is 3.16. The van der Waals surface area contributed by atoms with Crippen molar-refractivity contribution in [2.45, 2.75) is 6.92 Å². The summed E-state index contributed by atoms with van der Waals surface area (Å²) < 4.78 is 21.8. The number of methoxy groups -OCH3 is 1. The Bertz CT molecular complexity index is 1040. The highest BCUT2D eigenvalue weighted by Crippen LogP contribution is 2.27. The van der Waals surface area contributed by atoms with Gasteiger partial charge in [0.25, 0.3) is 0 Å². The smallest absolute Gasteiger partial charge is 0.307 e. The highest BCUT2D eigenvalue weighted by atomic mass is 16.5. The molecule has 150 valence electrons. The number of hydrazone groups is 1. The molecule has 0 atom stereocenters. The molecule has 0 aliphatic heterocycles. The van der Waals surface area contributed by atoms with Gasteiger partial charge in [0.05, 0.1) is 19.9 Å². The molecule has 0 aliphatic rings. The zero-order chi connectivity index (χ0) is 20.6. The van der Waals surface area contributed by atoms with Crippen LogP contribution in [0.25, 0.3) is 11.0 Å². The van der Waals surface area contributed by atoms with Crippen LogP contribution in [0.2, 0.25) is 0 Å². The Balaban J connectivity index is 1.67. The van der Waals surface area contributed by atoms with Crippen molar-refractivity contribution in [1.82, 2.24) is 5.43 Å². The average molecular weight is 394 g/mol. The van der Waals surface area contributed by atoms with Crippen molar-refractivity contribution >= 4 is 23.1 Å². The van der Waals surface area contributed by atoms with Gasteiger partial charge in [-0.1, -0.05) is 12.7 Å².